The molecule has 192 valence electrons. The van der Waals surface area contributed by atoms with Crippen LogP contribution in [0.2, 0.25) is 0 Å². The van der Waals surface area contributed by atoms with Gasteiger partial charge < -0.3 is 28.6 Å². The van der Waals surface area contributed by atoms with Crippen LogP contribution in [0.3, 0.4) is 0 Å². The van der Waals surface area contributed by atoms with Crippen molar-refractivity contribution in [2.24, 2.45) is 0 Å². The SMILES string of the molecule is C=S(C)CCOCn1cc(C2=CCN(C(=O)OC(C)(C)C)CC2)c2nc(N3CCOCC3)cnc21. The second kappa shape index (κ2) is 11.1. The lowest BCUT2D eigenvalue weighted by atomic mass is 10.0. The zero-order valence-corrected chi connectivity index (χ0v) is 22.1. The maximum Gasteiger partial charge on any atom is 0.410 e. The van der Waals surface area contributed by atoms with E-state index in [1.165, 1.54) is 0 Å². The fraction of sp³-hybridized carbons (Fsp3) is 0.600. The van der Waals surface area contributed by atoms with Gasteiger partial charge in [-0.25, -0.2) is 14.8 Å². The van der Waals surface area contributed by atoms with Crippen molar-refractivity contribution in [1.82, 2.24) is 19.4 Å². The Labute approximate surface area is 210 Å². The van der Waals surface area contributed by atoms with Crippen LogP contribution in [0, 0.1) is 0 Å². The molecular weight excluding hydrogens is 466 g/mol. The fourth-order valence-corrected chi connectivity index (χ4v) is 4.49. The molecule has 2 aromatic rings. The molecule has 10 heteroatoms. The van der Waals surface area contributed by atoms with E-state index in [4.69, 9.17) is 24.2 Å². The lowest BCUT2D eigenvalue weighted by Crippen LogP contribution is -2.39. The van der Waals surface area contributed by atoms with Gasteiger partial charge in [-0.05, 0) is 39.0 Å². The van der Waals surface area contributed by atoms with Crippen LogP contribution >= 0.6 is 10.5 Å². The minimum atomic E-state index is -0.508. The van der Waals surface area contributed by atoms with E-state index in [9.17, 15) is 4.79 Å². The molecule has 0 spiro atoms. The Morgan fingerprint density at radius 2 is 2.03 bits per heavy atom. The van der Waals surface area contributed by atoms with Gasteiger partial charge >= 0.3 is 6.09 Å². The lowest BCUT2D eigenvalue weighted by molar-refractivity contribution is 0.0270. The van der Waals surface area contributed by atoms with Crippen molar-refractivity contribution in [2.45, 2.75) is 39.5 Å². The van der Waals surface area contributed by atoms with Gasteiger partial charge in [0.15, 0.2) is 5.65 Å². The lowest BCUT2D eigenvalue weighted by Gasteiger charge is -2.29. The Morgan fingerprint density at radius 3 is 2.69 bits per heavy atom. The standard InChI is InChI=1S/C25H37N5O4S/c1-25(2,3)34-24(31)29-8-6-19(7-9-29)20-17-30(18-33-14-15-35(4)5)23-22(20)27-21(16-26-23)28-10-12-32-13-11-28/h6,16-17H,4,7-15,18H2,1-3,5H3. The summed E-state index contributed by atoms with van der Waals surface area (Å²) in [4.78, 5) is 26.3. The summed E-state index contributed by atoms with van der Waals surface area (Å²) >= 11 is 0. The zero-order valence-electron chi connectivity index (χ0n) is 21.3. The Bertz CT molecular complexity index is 1100. The first-order valence-corrected chi connectivity index (χ1v) is 14.0. The van der Waals surface area contributed by atoms with Crippen molar-refractivity contribution in [3.8, 4) is 0 Å². The second-order valence-electron chi connectivity index (χ2n) is 9.94. The van der Waals surface area contributed by atoms with Crippen molar-refractivity contribution in [3.63, 3.8) is 0 Å². The highest BCUT2D eigenvalue weighted by Crippen LogP contribution is 2.31. The van der Waals surface area contributed by atoms with E-state index in [0.717, 1.165) is 53.4 Å². The molecule has 4 rings (SSSR count). The van der Waals surface area contributed by atoms with E-state index in [-0.39, 0.29) is 16.6 Å². The Kier molecular flexibility index (Phi) is 8.13. The molecule has 0 aliphatic carbocycles. The van der Waals surface area contributed by atoms with Crippen molar-refractivity contribution in [1.29, 1.82) is 0 Å². The molecule has 0 saturated carbocycles. The summed E-state index contributed by atoms with van der Waals surface area (Å²) in [6, 6.07) is 0. The summed E-state index contributed by atoms with van der Waals surface area (Å²) < 4.78 is 19.0. The van der Waals surface area contributed by atoms with Gasteiger partial charge in [-0.3, -0.25) is 0 Å². The van der Waals surface area contributed by atoms with Crippen molar-refractivity contribution < 1.29 is 19.0 Å². The van der Waals surface area contributed by atoms with Gasteiger partial charge in [0.2, 0.25) is 0 Å². The molecule has 2 aromatic heterocycles. The molecule has 1 atom stereocenters. The first kappa shape index (κ1) is 25.7. The normalized spacial score (nSPS) is 18.0. The molecule has 9 nitrogen and oxygen atoms in total. The molecule has 1 fully saturated rings. The van der Waals surface area contributed by atoms with E-state index >= 15 is 0 Å². The summed E-state index contributed by atoms with van der Waals surface area (Å²) in [6.07, 6.45) is 8.58. The fourth-order valence-electron chi connectivity index (χ4n) is 4.09. The number of hydrogen-bond donors (Lipinski definition) is 0. The maximum absolute atomic E-state index is 12.5. The molecular formula is C25H37N5O4S. The molecule has 1 amide bonds. The number of ether oxygens (including phenoxy) is 3. The average Bonchev–Trinajstić information content (AvgIpc) is 3.19. The number of morpholine rings is 1. The Morgan fingerprint density at radius 1 is 1.26 bits per heavy atom. The molecule has 0 radical (unpaired) electrons. The van der Waals surface area contributed by atoms with E-state index in [0.29, 0.717) is 39.6 Å². The van der Waals surface area contributed by atoms with Gasteiger partial charge in [-0.15, -0.1) is 0 Å². The molecule has 4 heterocycles. The van der Waals surface area contributed by atoms with Crippen LogP contribution in [0.15, 0.2) is 18.5 Å². The van der Waals surface area contributed by atoms with Crippen LogP contribution in [0.4, 0.5) is 10.6 Å². The number of amides is 1. The van der Waals surface area contributed by atoms with Crippen LogP contribution in [0.5, 0.6) is 0 Å². The third-order valence-electron chi connectivity index (χ3n) is 5.90. The number of hydrogen-bond acceptors (Lipinski definition) is 7. The number of rotatable bonds is 7. The summed E-state index contributed by atoms with van der Waals surface area (Å²) in [5, 5.41) is 0. The molecule has 35 heavy (non-hydrogen) atoms. The van der Waals surface area contributed by atoms with Crippen LogP contribution in [0.1, 0.15) is 32.8 Å². The molecule has 1 unspecified atom stereocenters. The monoisotopic (exact) mass is 503 g/mol. The van der Waals surface area contributed by atoms with Crippen LogP contribution in [0.25, 0.3) is 16.7 Å². The Hall–Kier alpha value is -2.43. The second-order valence-corrected chi connectivity index (χ2v) is 11.9. The number of nitrogens with zero attached hydrogens (tertiary/aromatic N) is 5. The quantitative estimate of drug-likeness (QED) is 0.422. The topological polar surface area (TPSA) is 82.0 Å². The minimum Gasteiger partial charge on any atom is -0.444 e. The average molecular weight is 504 g/mol. The van der Waals surface area contributed by atoms with Gasteiger partial charge in [-0.1, -0.05) is 11.9 Å². The first-order valence-electron chi connectivity index (χ1n) is 12.1. The van der Waals surface area contributed by atoms with Gasteiger partial charge in [0.1, 0.15) is 23.7 Å². The summed E-state index contributed by atoms with van der Waals surface area (Å²) in [7, 11) is 0.101. The van der Waals surface area contributed by atoms with Crippen molar-refractivity contribution in [3.05, 3.63) is 24.0 Å². The summed E-state index contributed by atoms with van der Waals surface area (Å²) in [5.41, 5.74) is 3.36. The van der Waals surface area contributed by atoms with E-state index in [1.807, 2.05) is 31.5 Å². The molecule has 2 aliphatic rings. The predicted octanol–water partition coefficient (Wildman–Crippen LogP) is 3.60. The largest absolute Gasteiger partial charge is 0.444 e. The van der Waals surface area contributed by atoms with Crippen LogP contribution < -0.4 is 4.90 Å². The number of anilines is 1. The molecule has 0 N–H and O–H groups in total. The van der Waals surface area contributed by atoms with Crippen LogP contribution in [-0.4, -0.2) is 95.0 Å². The van der Waals surface area contributed by atoms with E-state index in [1.54, 1.807) is 4.90 Å². The highest BCUT2D eigenvalue weighted by molar-refractivity contribution is 8.13. The van der Waals surface area contributed by atoms with Crippen molar-refractivity contribution in [2.75, 3.05) is 62.9 Å². The number of aromatic nitrogens is 3. The smallest absolute Gasteiger partial charge is 0.410 e. The van der Waals surface area contributed by atoms with Crippen LogP contribution in [-0.2, 0) is 20.9 Å². The molecule has 1 saturated heterocycles. The third kappa shape index (κ3) is 6.62. The molecule has 2 aliphatic heterocycles. The number of carbonyl (C=O) groups is 1. The van der Waals surface area contributed by atoms with Gasteiger partial charge in [0.25, 0.3) is 0 Å². The summed E-state index contributed by atoms with van der Waals surface area (Å²) in [6.45, 7) is 10.8. The maximum atomic E-state index is 12.5. The van der Waals surface area contributed by atoms with E-state index < -0.39 is 5.60 Å². The Balaban J connectivity index is 1.59. The third-order valence-corrected chi connectivity index (χ3v) is 6.76. The van der Waals surface area contributed by atoms with Gasteiger partial charge in [0, 0.05) is 43.7 Å². The number of fused-ring (bicyclic) bond motifs is 1. The zero-order chi connectivity index (χ0) is 25.0. The number of carbonyl (C=O) groups excluding carboxylic acids is 1. The highest BCUT2D eigenvalue weighted by atomic mass is 32.2. The molecule has 0 bridgehead atoms. The summed E-state index contributed by atoms with van der Waals surface area (Å²) in [5.74, 6) is 5.85. The predicted molar refractivity (Wildman–Crippen MR) is 142 cm³/mol. The molecule has 0 aromatic carbocycles. The van der Waals surface area contributed by atoms with Gasteiger partial charge in [-0.2, -0.15) is 10.5 Å². The van der Waals surface area contributed by atoms with Crippen molar-refractivity contribution >= 4 is 45.0 Å². The minimum absolute atomic E-state index is 0.101. The first-order chi connectivity index (χ1) is 16.7. The van der Waals surface area contributed by atoms with E-state index in [2.05, 4.69) is 29.3 Å². The highest BCUT2D eigenvalue weighted by Gasteiger charge is 2.26. The van der Waals surface area contributed by atoms with Gasteiger partial charge in [0.05, 0.1) is 26.0 Å².